The summed E-state index contributed by atoms with van der Waals surface area (Å²) in [5.74, 6) is 1.03. The molecule has 0 radical (unpaired) electrons. The van der Waals surface area contributed by atoms with Crippen molar-refractivity contribution >= 4 is 11.5 Å². The number of hydrogen-bond donors (Lipinski definition) is 0. The van der Waals surface area contributed by atoms with E-state index in [0.29, 0.717) is 11.2 Å². The Morgan fingerprint density at radius 1 is 1.07 bits per heavy atom. The second-order valence-electron chi connectivity index (χ2n) is 6.64. The van der Waals surface area contributed by atoms with Crippen LogP contribution in [0.3, 0.4) is 0 Å². The predicted octanol–water partition coefficient (Wildman–Crippen LogP) is 2.35. The second kappa shape index (κ2) is 7.29. The van der Waals surface area contributed by atoms with Gasteiger partial charge in [0.25, 0.3) is 0 Å². The molecule has 0 amide bonds. The first-order chi connectivity index (χ1) is 13.2. The zero-order chi connectivity index (χ0) is 18.8. The lowest BCUT2D eigenvalue weighted by molar-refractivity contribution is 0.198. The van der Waals surface area contributed by atoms with Crippen molar-refractivity contribution in [1.29, 1.82) is 5.26 Å². The summed E-state index contributed by atoms with van der Waals surface area (Å²) in [6.45, 7) is 4.98. The fourth-order valence-electron chi connectivity index (χ4n) is 3.46. The Balaban J connectivity index is 1.44. The molecule has 0 aliphatic carbocycles. The number of rotatable bonds is 4. The SMILES string of the molecule is C[C@H](c1ccc(C#N)cc1)N1CCN(c2ccc3nnc(CF)n3n2)CC1. The summed E-state index contributed by atoms with van der Waals surface area (Å²) in [5.41, 5.74) is 2.44. The summed E-state index contributed by atoms with van der Waals surface area (Å²) in [5, 5.41) is 21.2. The maximum atomic E-state index is 13.0. The molecular formula is C19H20FN7. The summed E-state index contributed by atoms with van der Waals surface area (Å²) in [6, 6.07) is 13.9. The zero-order valence-electron chi connectivity index (χ0n) is 15.1. The minimum absolute atomic E-state index is 0.222. The first kappa shape index (κ1) is 17.4. The van der Waals surface area contributed by atoms with Gasteiger partial charge in [-0.25, -0.2) is 4.39 Å². The number of halogens is 1. The highest BCUT2D eigenvalue weighted by Gasteiger charge is 2.23. The molecule has 1 aliphatic heterocycles. The van der Waals surface area contributed by atoms with E-state index in [2.05, 4.69) is 38.1 Å². The van der Waals surface area contributed by atoms with Gasteiger partial charge in [0.05, 0.1) is 11.6 Å². The van der Waals surface area contributed by atoms with Crippen LogP contribution in [0.2, 0.25) is 0 Å². The molecule has 1 aliphatic rings. The smallest absolute Gasteiger partial charge is 0.185 e. The van der Waals surface area contributed by atoms with Gasteiger partial charge in [-0.05, 0) is 36.8 Å². The third-order valence-corrected chi connectivity index (χ3v) is 5.14. The fraction of sp³-hybridized carbons (Fsp3) is 0.368. The Morgan fingerprint density at radius 2 is 1.81 bits per heavy atom. The molecule has 1 aromatic carbocycles. The number of piperazine rings is 1. The molecule has 0 saturated carbocycles. The van der Waals surface area contributed by atoms with E-state index in [4.69, 9.17) is 5.26 Å². The minimum Gasteiger partial charge on any atom is -0.353 e. The van der Waals surface area contributed by atoms with E-state index in [0.717, 1.165) is 32.0 Å². The number of alkyl halides is 1. The lowest BCUT2D eigenvalue weighted by Gasteiger charge is -2.38. The second-order valence-corrected chi connectivity index (χ2v) is 6.64. The number of anilines is 1. The van der Waals surface area contributed by atoms with Gasteiger partial charge in [-0.1, -0.05) is 12.1 Å². The van der Waals surface area contributed by atoms with Crippen LogP contribution in [-0.2, 0) is 6.67 Å². The third kappa shape index (κ3) is 3.34. The number of aromatic nitrogens is 4. The van der Waals surface area contributed by atoms with Crippen molar-refractivity contribution in [3.63, 3.8) is 0 Å². The van der Waals surface area contributed by atoms with Crippen LogP contribution in [0.4, 0.5) is 10.2 Å². The topological polar surface area (TPSA) is 73.4 Å². The Kier molecular flexibility index (Phi) is 4.69. The van der Waals surface area contributed by atoms with Crippen molar-refractivity contribution in [1.82, 2.24) is 24.7 Å². The van der Waals surface area contributed by atoms with E-state index >= 15 is 0 Å². The lowest BCUT2D eigenvalue weighted by atomic mass is 10.0. The highest BCUT2D eigenvalue weighted by atomic mass is 19.1. The Morgan fingerprint density at radius 3 is 2.48 bits per heavy atom. The molecule has 8 heteroatoms. The summed E-state index contributed by atoms with van der Waals surface area (Å²) >= 11 is 0. The Hall–Kier alpha value is -3.05. The number of hydrogen-bond acceptors (Lipinski definition) is 6. The van der Waals surface area contributed by atoms with Crippen LogP contribution >= 0.6 is 0 Å². The van der Waals surface area contributed by atoms with E-state index < -0.39 is 6.67 Å². The van der Waals surface area contributed by atoms with Crippen LogP contribution in [0.25, 0.3) is 5.65 Å². The average molecular weight is 365 g/mol. The van der Waals surface area contributed by atoms with Crippen LogP contribution in [0.15, 0.2) is 36.4 Å². The molecule has 0 bridgehead atoms. The quantitative estimate of drug-likeness (QED) is 0.707. The van der Waals surface area contributed by atoms with Crippen molar-refractivity contribution in [3.05, 3.63) is 53.3 Å². The van der Waals surface area contributed by atoms with Gasteiger partial charge in [-0.15, -0.1) is 15.3 Å². The molecule has 3 aromatic rings. The summed E-state index contributed by atoms with van der Waals surface area (Å²) in [6.07, 6.45) is 0. The normalized spacial score (nSPS) is 16.4. The van der Waals surface area contributed by atoms with Gasteiger partial charge in [-0.2, -0.15) is 9.78 Å². The minimum atomic E-state index is -0.687. The number of nitriles is 1. The molecule has 1 saturated heterocycles. The largest absolute Gasteiger partial charge is 0.353 e. The van der Waals surface area contributed by atoms with Gasteiger partial charge in [0.15, 0.2) is 18.1 Å². The molecule has 0 N–H and O–H groups in total. The highest BCUT2D eigenvalue weighted by Crippen LogP contribution is 2.23. The van der Waals surface area contributed by atoms with Crippen molar-refractivity contribution in [2.24, 2.45) is 0 Å². The van der Waals surface area contributed by atoms with Crippen molar-refractivity contribution in [2.45, 2.75) is 19.6 Å². The standard InChI is InChI=1S/C19H20FN7/c1-14(16-4-2-15(13-21)3-5-16)25-8-10-26(11-9-25)18-7-6-17-22-23-19(12-20)27(17)24-18/h2-7,14H,8-12H2,1H3/t14-/m1/s1. The van der Waals surface area contributed by atoms with Gasteiger partial charge >= 0.3 is 0 Å². The van der Waals surface area contributed by atoms with E-state index in [9.17, 15) is 4.39 Å². The van der Waals surface area contributed by atoms with Gasteiger partial charge in [0.2, 0.25) is 0 Å². The van der Waals surface area contributed by atoms with Crippen LogP contribution in [0, 0.1) is 11.3 Å². The monoisotopic (exact) mass is 365 g/mol. The van der Waals surface area contributed by atoms with E-state index in [1.165, 1.54) is 10.1 Å². The van der Waals surface area contributed by atoms with Crippen molar-refractivity contribution in [3.8, 4) is 6.07 Å². The van der Waals surface area contributed by atoms with Gasteiger partial charge in [0.1, 0.15) is 5.82 Å². The van der Waals surface area contributed by atoms with E-state index in [-0.39, 0.29) is 11.9 Å². The molecule has 3 heterocycles. The molecule has 27 heavy (non-hydrogen) atoms. The van der Waals surface area contributed by atoms with Crippen molar-refractivity contribution in [2.75, 3.05) is 31.1 Å². The molecule has 4 rings (SSSR count). The van der Waals surface area contributed by atoms with Crippen molar-refractivity contribution < 1.29 is 4.39 Å². The molecule has 2 aromatic heterocycles. The van der Waals surface area contributed by atoms with Gasteiger partial charge in [0, 0.05) is 32.2 Å². The Bertz CT molecular complexity index is 968. The highest BCUT2D eigenvalue weighted by molar-refractivity contribution is 5.46. The summed E-state index contributed by atoms with van der Waals surface area (Å²) < 4.78 is 14.5. The van der Waals surface area contributed by atoms with E-state index in [1.807, 2.05) is 36.4 Å². The number of nitrogens with zero attached hydrogens (tertiary/aromatic N) is 7. The first-order valence-electron chi connectivity index (χ1n) is 8.96. The van der Waals surface area contributed by atoms with Crippen LogP contribution < -0.4 is 4.90 Å². The summed E-state index contributed by atoms with van der Waals surface area (Å²) in [4.78, 5) is 4.62. The van der Waals surface area contributed by atoms with Gasteiger partial charge < -0.3 is 4.90 Å². The number of benzene rings is 1. The number of fused-ring (bicyclic) bond motifs is 1. The first-order valence-corrected chi connectivity index (χ1v) is 8.96. The molecule has 7 nitrogen and oxygen atoms in total. The van der Waals surface area contributed by atoms with Gasteiger partial charge in [-0.3, -0.25) is 4.90 Å². The predicted molar refractivity (Wildman–Crippen MR) is 99.0 cm³/mol. The molecule has 0 spiro atoms. The van der Waals surface area contributed by atoms with Crippen LogP contribution in [-0.4, -0.2) is 50.9 Å². The zero-order valence-corrected chi connectivity index (χ0v) is 15.1. The molecule has 0 unspecified atom stereocenters. The average Bonchev–Trinajstić information content (AvgIpc) is 3.16. The van der Waals surface area contributed by atoms with Crippen LogP contribution in [0.5, 0.6) is 0 Å². The fourth-order valence-corrected chi connectivity index (χ4v) is 3.46. The molecule has 138 valence electrons. The van der Waals surface area contributed by atoms with E-state index in [1.54, 1.807) is 0 Å². The molecule has 1 fully saturated rings. The lowest BCUT2D eigenvalue weighted by Crippen LogP contribution is -2.47. The van der Waals surface area contributed by atoms with Crippen LogP contribution in [0.1, 0.15) is 29.9 Å². The maximum Gasteiger partial charge on any atom is 0.185 e. The maximum absolute atomic E-state index is 13.0. The Labute approximate surface area is 156 Å². The summed E-state index contributed by atoms with van der Waals surface area (Å²) in [7, 11) is 0. The molecule has 1 atom stereocenters. The molecular weight excluding hydrogens is 345 g/mol. The third-order valence-electron chi connectivity index (χ3n) is 5.14.